The van der Waals surface area contributed by atoms with E-state index in [0.717, 1.165) is 11.1 Å². The maximum Gasteiger partial charge on any atom is 0.196 e. The van der Waals surface area contributed by atoms with Crippen molar-refractivity contribution in [2.75, 3.05) is 0 Å². The Morgan fingerprint density at radius 1 is 1.14 bits per heavy atom. The van der Waals surface area contributed by atoms with E-state index in [0.29, 0.717) is 39.1 Å². The number of hydrogen-bond donors (Lipinski definition) is 0. The first-order valence-electron chi connectivity index (χ1n) is 10.9. The van der Waals surface area contributed by atoms with E-state index in [9.17, 15) is 10.1 Å². The SMILES string of the molecule is Cc1cc([C@@H](C)Oc2ccc(Cl)nc2C#N)c2oc(-c3ccc4nn(C)cc4n3)c(C)c(=O)c2c1. The topological polar surface area (TPSA) is 107 Å². The molecule has 0 aliphatic carbocycles. The van der Waals surface area contributed by atoms with Crippen LogP contribution in [-0.2, 0) is 7.05 Å². The van der Waals surface area contributed by atoms with Crippen molar-refractivity contribution in [2.24, 2.45) is 7.05 Å². The summed E-state index contributed by atoms with van der Waals surface area (Å²) >= 11 is 5.91. The highest BCUT2D eigenvalue weighted by molar-refractivity contribution is 6.29. The number of aromatic nitrogens is 4. The van der Waals surface area contributed by atoms with E-state index in [1.807, 2.05) is 45.3 Å². The first-order chi connectivity index (χ1) is 16.7. The van der Waals surface area contributed by atoms with Gasteiger partial charge in [-0.05, 0) is 62.7 Å². The van der Waals surface area contributed by atoms with Gasteiger partial charge in [-0.2, -0.15) is 10.4 Å². The van der Waals surface area contributed by atoms with E-state index in [2.05, 4.69) is 15.1 Å². The summed E-state index contributed by atoms with van der Waals surface area (Å²) in [5.74, 6) is 0.675. The third kappa shape index (κ3) is 4.00. The second-order valence-corrected chi connectivity index (χ2v) is 8.76. The highest BCUT2D eigenvalue weighted by Gasteiger charge is 2.21. The lowest BCUT2D eigenvalue weighted by atomic mass is 10.0. The molecule has 5 rings (SSSR count). The van der Waals surface area contributed by atoms with Crippen molar-refractivity contribution in [1.82, 2.24) is 19.7 Å². The van der Waals surface area contributed by atoms with Gasteiger partial charge in [0.25, 0.3) is 0 Å². The first kappa shape index (κ1) is 22.6. The lowest BCUT2D eigenvalue weighted by Gasteiger charge is -2.18. The molecule has 0 N–H and O–H groups in total. The summed E-state index contributed by atoms with van der Waals surface area (Å²) < 4.78 is 14.1. The molecule has 5 aromatic rings. The zero-order chi connectivity index (χ0) is 24.9. The molecule has 0 saturated carbocycles. The van der Waals surface area contributed by atoms with Crippen LogP contribution in [0.5, 0.6) is 5.75 Å². The predicted molar refractivity (Wildman–Crippen MR) is 132 cm³/mol. The van der Waals surface area contributed by atoms with E-state index in [1.54, 1.807) is 35.9 Å². The minimum Gasteiger partial charge on any atom is -0.483 e. The maximum absolute atomic E-state index is 13.4. The number of benzene rings is 1. The van der Waals surface area contributed by atoms with Gasteiger partial charge >= 0.3 is 0 Å². The number of aryl methyl sites for hydroxylation is 2. The molecule has 0 aliphatic rings. The van der Waals surface area contributed by atoms with Crippen LogP contribution >= 0.6 is 11.6 Å². The Balaban J connectivity index is 1.68. The fourth-order valence-electron chi connectivity index (χ4n) is 4.11. The summed E-state index contributed by atoms with van der Waals surface area (Å²) in [6.07, 6.45) is 1.25. The van der Waals surface area contributed by atoms with Gasteiger partial charge in [-0.25, -0.2) is 9.97 Å². The molecule has 0 bridgehead atoms. The van der Waals surface area contributed by atoms with E-state index in [1.165, 1.54) is 0 Å². The highest BCUT2D eigenvalue weighted by Crippen LogP contribution is 2.33. The van der Waals surface area contributed by atoms with Crippen molar-refractivity contribution in [3.8, 4) is 23.3 Å². The van der Waals surface area contributed by atoms with E-state index >= 15 is 0 Å². The van der Waals surface area contributed by atoms with Crippen LogP contribution in [0.4, 0.5) is 0 Å². The molecule has 4 heterocycles. The maximum atomic E-state index is 13.4. The molecule has 0 amide bonds. The molecular formula is C26H20ClN5O3. The number of hydrogen-bond acceptors (Lipinski definition) is 7. The van der Waals surface area contributed by atoms with Crippen molar-refractivity contribution >= 4 is 33.6 Å². The van der Waals surface area contributed by atoms with Gasteiger partial charge in [0, 0.05) is 18.2 Å². The molecule has 0 fully saturated rings. The van der Waals surface area contributed by atoms with Crippen molar-refractivity contribution < 1.29 is 9.15 Å². The Kier molecular flexibility index (Phi) is 5.50. The molecule has 0 saturated heterocycles. The van der Waals surface area contributed by atoms with Gasteiger partial charge in [0.2, 0.25) is 0 Å². The van der Waals surface area contributed by atoms with Gasteiger partial charge in [0.05, 0.1) is 11.6 Å². The Hall–Kier alpha value is -4.22. The molecular weight excluding hydrogens is 466 g/mol. The van der Waals surface area contributed by atoms with Crippen molar-refractivity contribution in [3.63, 3.8) is 0 Å². The number of halogens is 1. The number of fused-ring (bicyclic) bond motifs is 2. The van der Waals surface area contributed by atoms with Gasteiger partial charge in [0.15, 0.2) is 22.6 Å². The third-order valence-electron chi connectivity index (χ3n) is 5.77. The second kappa shape index (κ2) is 8.53. The Morgan fingerprint density at radius 3 is 2.71 bits per heavy atom. The summed E-state index contributed by atoms with van der Waals surface area (Å²) in [7, 11) is 1.83. The van der Waals surface area contributed by atoms with E-state index in [4.69, 9.17) is 20.8 Å². The highest BCUT2D eigenvalue weighted by atomic mass is 35.5. The van der Waals surface area contributed by atoms with Crippen LogP contribution in [0.3, 0.4) is 0 Å². The van der Waals surface area contributed by atoms with E-state index in [-0.39, 0.29) is 22.0 Å². The van der Waals surface area contributed by atoms with Crippen LogP contribution < -0.4 is 10.2 Å². The summed E-state index contributed by atoms with van der Waals surface area (Å²) in [5.41, 5.74) is 4.34. The Morgan fingerprint density at radius 2 is 1.94 bits per heavy atom. The predicted octanol–water partition coefficient (Wildman–Crippen LogP) is 5.42. The molecule has 174 valence electrons. The standard InChI is InChI=1S/C26H20ClN5O3/c1-13-9-16(15(3)34-22-7-8-23(27)30-20(22)11-28)26-17(10-13)24(33)14(2)25(35-26)19-6-5-18-21(29-19)12-32(4)31-18/h5-10,12,15H,1-4H3/t15-/m1/s1. The second-order valence-electron chi connectivity index (χ2n) is 8.37. The van der Waals surface area contributed by atoms with Crippen molar-refractivity contribution in [1.29, 1.82) is 5.26 Å². The molecule has 0 unspecified atom stereocenters. The largest absolute Gasteiger partial charge is 0.483 e. The lowest BCUT2D eigenvalue weighted by molar-refractivity contribution is 0.225. The summed E-state index contributed by atoms with van der Waals surface area (Å²) in [6, 6.07) is 12.5. The van der Waals surface area contributed by atoms with Crippen LogP contribution in [0.15, 0.2) is 51.8 Å². The third-order valence-corrected chi connectivity index (χ3v) is 5.98. The monoisotopic (exact) mass is 485 g/mol. The first-order valence-corrected chi connectivity index (χ1v) is 11.2. The smallest absolute Gasteiger partial charge is 0.196 e. The Bertz CT molecular complexity index is 1730. The number of ether oxygens (including phenoxy) is 1. The van der Waals surface area contributed by atoms with E-state index < -0.39 is 6.10 Å². The molecule has 8 nitrogen and oxygen atoms in total. The number of nitriles is 1. The number of nitrogens with zero attached hydrogens (tertiary/aromatic N) is 5. The van der Waals surface area contributed by atoms with Crippen LogP contribution in [0.1, 0.15) is 35.4 Å². The zero-order valence-corrected chi connectivity index (χ0v) is 20.2. The molecule has 0 radical (unpaired) electrons. The number of rotatable bonds is 4. The summed E-state index contributed by atoms with van der Waals surface area (Å²) in [4.78, 5) is 22.1. The fourth-order valence-corrected chi connectivity index (χ4v) is 4.26. The minimum absolute atomic E-state index is 0.0771. The van der Waals surface area contributed by atoms with Crippen LogP contribution in [0, 0.1) is 25.2 Å². The average molecular weight is 486 g/mol. The van der Waals surface area contributed by atoms with Gasteiger partial charge in [-0.1, -0.05) is 11.6 Å². The molecule has 0 spiro atoms. The van der Waals surface area contributed by atoms with Crippen LogP contribution in [-0.4, -0.2) is 19.7 Å². The van der Waals surface area contributed by atoms with Crippen molar-refractivity contribution in [3.05, 3.63) is 80.4 Å². The van der Waals surface area contributed by atoms with Gasteiger partial charge in [0.1, 0.15) is 39.6 Å². The lowest BCUT2D eigenvalue weighted by Crippen LogP contribution is -2.12. The minimum atomic E-state index is -0.556. The Labute approximate surface area is 205 Å². The zero-order valence-electron chi connectivity index (χ0n) is 19.5. The average Bonchev–Trinajstić information content (AvgIpc) is 3.21. The van der Waals surface area contributed by atoms with Crippen LogP contribution in [0.25, 0.3) is 33.5 Å². The van der Waals surface area contributed by atoms with Gasteiger partial charge in [-0.15, -0.1) is 0 Å². The molecule has 0 aliphatic heterocycles. The summed E-state index contributed by atoms with van der Waals surface area (Å²) in [6.45, 7) is 5.46. The fraction of sp³-hybridized carbons (Fsp3) is 0.192. The normalized spacial score (nSPS) is 12.1. The summed E-state index contributed by atoms with van der Waals surface area (Å²) in [5, 5.41) is 14.4. The molecule has 4 aromatic heterocycles. The van der Waals surface area contributed by atoms with Crippen LogP contribution in [0.2, 0.25) is 5.15 Å². The molecule has 9 heteroatoms. The van der Waals surface area contributed by atoms with Crippen molar-refractivity contribution in [2.45, 2.75) is 26.9 Å². The van der Waals surface area contributed by atoms with Gasteiger partial charge in [-0.3, -0.25) is 9.48 Å². The molecule has 1 atom stereocenters. The molecule has 35 heavy (non-hydrogen) atoms. The quantitative estimate of drug-likeness (QED) is 0.313. The number of pyridine rings is 2. The molecule has 1 aromatic carbocycles. The van der Waals surface area contributed by atoms with Gasteiger partial charge < -0.3 is 9.15 Å².